The van der Waals surface area contributed by atoms with Crippen molar-refractivity contribution < 1.29 is 14.0 Å². The van der Waals surface area contributed by atoms with Gasteiger partial charge in [0, 0.05) is 11.6 Å². The molecule has 1 fully saturated rings. The molecule has 1 saturated carbocycles. The number of carbonyl (C=O) groups excluding carboxylic acids is 2. The standard InChI is InChI=1S/C16H19FN2O2/c1-19(2)16(3-4-16)15(21)18-12-7-11-5-10(9-20)6-13(11)14(17)8-12/h7-10H,3-6H2,1-2H3,(H,18,21). The first-order valence-corrected chi connectivity index (χ1v) is 7.22. The Balaban J connectivity index is 1.81. The van der Waals surface area contributed by atoms with Crippen molar-refractivity contribution in [2.24, 2.45) is 5.92 Å². The van der Waals surface area contributed by atoms with Gasteiger partial charge in [0.25, 0.3) is 0 Å². The number of nitrogens with zero attached hydrogens (tertiary/aromatic N) is 1. The molecule has 4 nitrogen and oxygen atoms in total. The summed E-state index contributed by atoms with van der Waals surface area (Å²) in [6.07, 6.45) is 3.54. The third kappa shape index (κ3) is 2.35. The Kier molecular flexibility index (Phi) is 3.32. The first-order chi connectivity index (χ1) is 9.96. The van der Waals surface area contributed by atoms with Crippen molar-refractivity contribution in [2.45, 2.75) is 31.2 Å². The van der Waals surface area contributed by atoms with Crippen LogP contribution in [0.15, 0.2) is 12.1 Å². The van der Waals surface area contributed by atoms with E-state index >= 15 is 0 Å². The molecule has 112 valence electrons. The fraction of sp³-hybridized carbons (Fsp3) is 0.500. The lowest BCUT2D eigenvalue weighted by Crippen LogP contribution is -2.42. The van der Waals surface area contributed by atoms with E-state index in [4.69, 9.17) is 0 Å². The van der Waals surface area contributed by atoms with Gasteiger partial charge >= 0.3 is 0 Å². The van der Waals surface area contributed by atoms with Crippen molar-refractivity contribution in [2.75, 3.05) is 19.4 Å². The van der Waals surface area contributed by atoms with Gasteiger partial charge in [-0.15, -0.1) is 0 Å². The summed E-state index contributed by atoms with van der Waals surface area (Å²) in [7, 11) is 3.76. The molecule has 0 aromatic heterocycles. The molecule has 5 heteroatoms. The minimum atomic E-state index is -0.444. The van der Waals surface area contributed by atoms with E-state index in [0.29, 0.717) is 24.1 Å². The Morgan fingerprint density at radius 1 is 1.38 bits per heavy atom. The normalized spacial score (nSPS) is 22.0. The number of fused-ring (bicyclic) bond motifs is 1. The summed E-state index contributed by atoms with van der Waals surface area (Å²) >= 11 is 0. The van der Waals surface area contributed by atoms with Crippen molar-refractivity contribution in [1.29, 1.82) is 0 Å². The fourth-order valence-corrected chi connectivity index (χ4v) is 3.13. The van der Waals surface area contributed by atoms with Crippen LogP contribution < -0.4 is 5.32 Å². The van der Waals surface area contributed by atoms with E-state index in [-0.39, 0.29) is 17.6 Å². The molecule has 0 saturated heterocycles. The molecule has 3 rings (SSSR count). The highest BCUT2D eigenvalue weighted by molar-refractivity contribution is 6.00. The Labute approximate surface area is 123 Å². The highest BCUT2D eigenvalue weighted by Crippen LogP contribution is 2.41. The number of benzene rings is 1. The monoisotopic (exact) mass is 290 g/mol. The van der Waals surface area contributed by atoms with Crippen LogP contribution in [-0.2, 0) is 22.4 Å². The van der Waals surface area contributed by atoms with Gasteiger partial charge in [-0.3, -0.25) is 9.69 Å². The molecular formula is C16H19FN2O2. The number of likely N-dealkylation sites (N-methyl/N-ethyl adjacent to an activating group) is 1. The van der Waals surface area contributed by atoms with Gasteiger partial charge in [0.05, 0.1) is 0 Å². The average molecular weight is 290 g/mol. The summed E-state index contributed by atoms with van der Waals surface area (Å²) in [5.74, 6) is -0.560. The Morgan fingerprint density at radius 2 is 2.10 bits per heavy atom. The molecule has 1 aromatic rings. The largest absolute Gasteiger partial charge is 0.324 e. The van der Waals surface area contributed by atoms with Gasteiger partial charge in [-0.05, 0) is 63.0 Å². The van der Waals surface area contributed by atoms with Crippen LogP contribution in [0.2, 0.25) is 0 Å². The van der Waals surface area contributed by atoms with Crippen molar-refractivity contribution >= 4 is 17.9 Å². The quantitative estimate of drug-likeness (QED) is 0.860. The van der Waals surface area contributed by atoms with Gasteiger partial charge in [-0.2, -0.15) is 0 Å². The molecule has 2 aliphatic rings. The van der Waals surface area contributed by atoms with E-state index in [1.807, 2.05) is 19.0 Å². The van der Waals surface area contributed by atoms with Crippen LogP contribution >= 0.6 is 0 Å². The van der Waals surface area contributed by atoms with Crippen LogP contribution in [0.4, 0.5) is 10.1 Å². The molecule has 1 amide bonds. The Bertz CT molecular complexity index is 609. The zero-order valence-electron chi connectivity index (χ0n) is 12.3. The number of rotatable bonds is 4. The summed E-state index contributed by atoms with van der Waals surface area (Å²) in [6, 6.07) is 3.15. The van der Waals surface area contributed by atoms with Crippen LogP contribution in [-0.4, -0.2) is 36.7 Å². The number of nitrogens with one attached hydrogen (secondary N) is 1. The summed E-state index contributed by atoms with van der Waals surface area (Å²) in [6.45, 7) is 0. The lowest BCUT2D eigenvalue weighted by atomic mass is 10.1. The fourth-order valence-electron chi connectivity index (χ4n) is 3.13. The first-order valence-electron chi connectivity index (χ1n) is 7.22. The number of hydrogen-bond acceptors (Lipinski definition) is 3. The molecule has 2 aliphatic carbocycles. The van der Waals surface area contributed by atoms with Gasteiger partial charge < -0.3 is 10.1 Å². The number of halogens is 1. The molecule has 1 aromatic carbocycles. The van der Waals surface area contributed by atoms with Crippen molar-refractivity contribution in [3.8, 4) is 0 Å². The first kappa shape index (κ1) is 14.2. The maximum absolute atomic E-state index is 14.1. The zero-order chi connectivity index (χ0) is 15.2. The molecule has 1 N–H and O–H groups in total. The Hall–Kier alpha value is -1.75. The third-order valence-electron chi connectivity index (χ3n) is 4.69. The van der Waals surface area contributed by atoms with Gasteiger partial charge in [0.2, 0.25) is 5.91 Å². The van der Waals surface area contributed by atoms with Crippen LogP contribution in [0, 0.1) is 11.7 Å². The SMILES string of the molecule is CN(C)C1(C(=O)Nc2cc(F)c3c(c2)CC(C=O)C3)CC1. The van der Waals surface area contributed by atoms with Crippen molar-refractivity contribution in [3.63, 3.8) is 0 Å². The van der Waals surface area contributed by atoms with Crippen LogP contribution in [0.5, 0.6) is 0 Å². The third-order valence-corrected chi connectivity index (χ3v) is 4.69. The lowest BCUT2D eigenvalue weighted by molar-refractivity contribution is -0.121. The molecule has 0 aliphatic heterocycles. The molecule has 1 atom stereocenters. The lowest BCUT2D eigenvalue weighted by Gasteiger charge is -2.22. The zero-order valence-corrected chi connectivity index (χ0v) is 12.3. The Morgan fingerprint density at radius 3 is 2.67 bits per heavy atom. The van der Waals surface area contributed by atoms with E-state index < -0.39 is 5.54 Å². The minimum Gasteiger partial charge on any atom is -0.324 e. The summed E-state index contributed by atoms with van der Waals surface area (Å²) in [4.78, 5) is 25.1. The second kappa shape index (κ2) is 4.91. The number of hydrogen-bond donors (Lipinski definition) is 1. The second-order valence-corrected chi connectivity index (χ2v) is 6.28. The molecule has 0 radical (unpaired) electrons. The number of amides is 1. The maximum atomic E-state index is 14.1. The highest BCUT2D eigenvalue weighted by Gasteiger charge is 2.51. The van der Waals surface area contributed by atoms with Crippen LogP contribution in [0.3, 0.4) is 0 Å². The molecule has 21 heavy (non-hydrogen) atoms. The van der Waals surface area contributed by atoms with E-state index in [1.54, 1.807) is 6.07 Å². The second-order valence-electron chi connectivity index (χ2n) is 6.28. The van der Waals surface area contributed by atoms with Crippen LogP contribution in [0.25, 0.3) is 0 Å². The van der Waals surface area contributed by atoms with E-state index in [0.717, 1.165) is 24.7 Å². The molecule has 0 spiro atoms. The topological polar surface area (TPSA) is 49.4 Å². The smallest absolute Gasteiger partial charge is 0.244 e. The van der Waals surface area contributed by atoms with Gasteiger partial charge in [-0.1, -0.05) is 0 Å². The molecule has 0 heterocycles. The molecule has 0 bridgehead atoms. The summed E-state index contributed by atoms with van der Waals surface area (Å²) in [5.41, 5.74) is 1.48. The van der Waals surface area contributed by atoms with Gasteiger partial charge in [0.15, 0.2) is 0 Å². The summed E-state index contributed by atoms with van der Waals surface area (Å²) < 4.78 is 14.1. The van der Waals surface area contributed by atoms with Crippen molar-refractivity contribution in [1.82, 2.24) is 4.90 Å². The maximum Gasteiger partial charge on any atom is 0.244 e. The highest BCUT2D eigenvalue weighted by atomic mass is 19.1. The van der Waals surface area contributed by atoms with Gasteiger partial charge in [0.1, 0.15) is 17.6 Å². The van der Waals surface area contributed by atoms with Crippen LogP contribution in [0.1, 0.15) is 24.0 Å². The van der Waals surface area contributed by atoms with Crippen molar-refractivity contribution in [3.05, 3.63) is 29.1 Å². The molecular weight excluding hydrogens is 271 g/mol. The number of aldehydes is 1. The van der Waals surface area contributed by atoms with E-state index in [9.17, 15) is 14.0 Å². The summed E-state index contributed by atoms with van der Waals surface area (Å²) in [5, 5.41) is 2.82. The number of carbonyl (C=O) groups is 2. The van der Waals surface area contributed by atoms with E-state index in [2.05, 4.69) is 5.32 Å². The predicted octanol–water partition coefficient (Wildman–Crippen LogP) is 1.77. The predicted molar refractivity (Wildman–Crippen MR) is 77.6 cm³/mol. The number of anilines is 1. The van der Waals surface area contributed by atoms with E-state index in [1.165, 1.54) is 6.07 Å². The average Bonchev–Trinajstić information content (AvgIpc) is 3.14. The molecule has 1 unspecified atom stereocenters. The minimum absolute atomic E-state index is 0.0863. The van der Waals surface area contributed by atoms with Gasteiger partial charge in [-0.25, -0.2) is 4.39 Å².